The van der Waals surface area contributed by atoms with Gasteiger partial charge in [0.25, 0.3) is 0 Å². The lowest BCUT2D eigenvalue weighted by atomic mass is 9.78. The maximum atomic E-state index is 12.8. The lowest BCUT2D eigenvalue weighted by molar-refractivity contribution is -0.148. The molecular weight excluding hydrogens is 272 g/mol. The van der Waals surface area contributed by atoms with Gasteiger partial charge < -0.3 is 25.6 Å². The number of hydrogen-bond acceptors (Lipinski definition) is 4. The van der Waals surface area contributed by atoms with Crippen LogP contribution in [0.25, 0.3) is 0 Å². The number of nitrogens with one attached hydrogen (secondary N) is 1. The molecule has 3 amide bonds. The third kappa shape index (κ3) is 3.47. The zero-order valence-corrected chi connectivity index (χ0v) is 12.8. The molecule has 7 heteroatoms. The maximum absolute atomic E-state index is 12.8. The van der Waals surface area contributed by atoms with Gasteiger partial charge in [-0.1, -0.05) is 0 Å². The standard InChI is InChI=1S/C14H26N4O3/c1-2-16-13(20)18-7-5-17(6-8-18)12(19)14(11-15)3-9-21-10-4-14/h2-11,15H2,1H3,(H,16,20). The van der Waals surface area contributed by atoms with Crippen LogP contribution in [0, 0.1) is 5.41 Å². The molecule has 3 N–H and O–H groups in total. The van der Waals surface area contributed by atoms with Crippen molar-refractivity contribution < 1.29 is 14.3 Å². The van der Waals surface area contributed by atoms with Gasteiger partial charge in [0.15, 0.2) is 0 Å². The Labute approximate surface area is 125 Å². The van der Waals surface area contributed by atoms with Gasteiger partial charge in [0.2, 0.25) is 5.91 Å². The van der Waals surface area contributed by atoms with Crippen molar-refractivity contribution in [1.29, 1.82) is 0 Å². The Hall–Kier alpha value is -1.34. The molecule has 21 heavy (non-hydrogen) atoms. The van der Waals surface area contributed by atoms with Gasteiger partial charge in [-0.25, -0.2) is 4.79 Å². The van der Waals surface area contributed by atoms with Crippen molar-refractivity contribution in [1.82, 2.24) is 15.1 Å². The molecule has 0 aromatic carbocycles. The molecule has 0 atom stereocenters. The number of amides is 3. The summed E-state index contributed by atoms with van der Waals surface area (Å²) in [6, 6.07) is -0.0517. The Morgan fingerprint density at radius 2 is 1.71 bits per heavy atom. The number of carbonyl (C=O) groups excluding carboxylic acids is 2. The SMILES string of the molecule is CCNC(=O)N1CCN(C(=O)C2(CN)CCOCC2)CC1. The van der Waals surface area contributed by atoms with Gasteiger partial charge in [0, 0.05) is 52.5 Å². The molecule has 0 radical (unpaired) electrons. The summed E-state index contributed by atoms with van der Waals surface area (Å²) in [6.07, 6.45) is 1.39. The highest BCUT2D eigenvalue weighted by Crippen LogP contribution is 2.32. The number of hydrogen-bond donors (Lipinski definition) is 2. The number of nitrogens with two attached hydrogens (primary N) is 1. The Morgan fingerprint density at radius 1 is 1.14 bits per heavy atom. The predicted molar refractivity (Wildman–Crippen MR) is 78.8 cm³/mol. The fourth-order valence-corrected chi connectivity index (χ4v) is 2.98. The third-order valence-corrected chi connectivity index (χ3v) is 4.48. The second kappa shape index (κ2) is 7.09. The average Bonchev–Trinajstić information content (AvgIpc) is 2.55. The molecule has 120 valence electrons. The van der Waals surface area contributed by atoms with Gasteiger partial charge in [-0.15, -0.1) is 0 Å². The quantitative estimate of drug-likeness (QED) is 0.743. The average molecular weight is 298 g/mol. The first-order valence-corrected chi connectivity index (χ1v) is 7.73. The van der Waals surface area contributed by atoms with E-state index in [1.54, 1.807) is 4.90 Å². The van der Waals surface area contributed by atoms with Gasteiger partial charge in [0.1, 0.15) is 0 Å². The molecule has 2 aliphatic heterocycles. The van der Waals surface area contributed by atoms with Gasteiger partial charge in [-0.05, 0) is 19.8 Å². The number of urea groups is 1. The summed E-state index contributed by atoms with van der Waals surface area (Å²) in [4.78, 5) is 28.2. The predicted octanol–water partition coefficient (Wildman–Crippen LogP) is -0.384. The highest BCUT2D eigenvalue weighted by Gasteiger charge is 2.42. The molecule has 0 unspecified atom stereocenters. The molecular formula is C14H26N4O3. The molecule has 0 aromatic rings. The molecule has 7 nitrogen and oxygen atoms in total. The van der Waals surface area contributed by atoms with Crippen LogP contribution in [0.3, 0.4) is 0 Å². The first-order chi connectivity index (χ1) is 10.1. The van der Waals surface area contributed by atoms with Crippen molar-refractivity contribution in [2.24, 2.45) is 11.1 Å². The second-order valence-corrected chi connectivity index (χ2v) is 5.71. The van der Waals surface area contributed by atoms with E-state index in [0.717, 1.165) is 0 Å². The second-order valence-electron chi connectivity index (χ2n) is 5.71. The molecule has 2 rings (SSSR count). The van der Waals surface area contributed by atoms with Crippen LogP contribution in [0.5, 0.6) is 0 Å². The van der Waals surface area contributed by atoms with Crippen LogP contribution >= 0.6 is 0 Å². The van der Waals surface area contributed by atoms with Crippen LogP contribution in [-0.2, 0) is 9.53 Å². The summed E-state index contributed by atoms with van der Waals surface area (Å²) < 4.78 is 5.35. The van der Waals surface area contributed by atoms with E-state index in [-0.39, 0.29) is 11.9 Å². The number of piperazine rings is 1. The van der Waals surface area contributed by atoms with E-state index in [4.69, 9.17) is 10.5 Å². The van der Waals surface area contributed by atoms with Crippen LogP contribution in [0.4, 0.5) is 4.79 Å². The molecule has 2 heterocycles. The number of rotatable bonds is 3. The van der Waals surface area contributed by atoms with Crippen molar-refractivity contribution in [3.05, 3.63) is 0 Å². The van der Waals surface area contributed by atoms with Crippen molar-refractivity contribution >= 4 is 11.9 Å². The van der Waals surface area contributed by atoms with Crippen molar-refractivity contribution in [2.45, 2.75) is 19.8 Å². The van der Waals surface area contributed by atoms with Crippen molar-refractivity contribution in [3.63, 3.8) is 0 Å². The van der Waals surface area contributed by atoms with Crippen molar-refractivity contribution in [2.75, 3.05) is 52.5 Å². The van der Waals surface area contributed by atoms with Gasteiger partial charge in [-0.2, -0.15) is 0 Å². The lowest BCUT2D eigenvalue weighted by Gasteiger charge is -2.42. The van der Waals surface area contributed by atoms with Gasteiger partial charge in [-0.3, -0.25) is 4.79 Å². The first kappa shape index (κ1) is 16.0. The van der Waals surface area contributed by atoms with Crippen LogP contribution < -0.4 is 11.1 Å². The Bertz CT molecular complexity index is 374. The molecule has 2 saturated heterocycles. The summed E-state index contributed by atoms with van der Waals surface area (Å²) in [7, 11) is 0. The Kier molecular flexibility index (Phi) is 5.41. The summed E-state index contributed by atoms with van der Waals surface area (Å²) in [6.45, 7) is 6.40. The zero-order chi connectivity index (χ0) is 15.3. The molecule has 0 spiro atoms. The minimum Gasteiger partial charge on any atom is -0.381 e. The van der Waals surface area contributed by atoms with Crippen molar-refractivity contribution in [3.8, 4) is 0 Å². The Balaban J connectivity index is 1.91. The summed E-state index contributed by atoms with van der Waals surface area (Å²) in [5.74, 6) is 0.129. The minimum absolute atomic E-state index is 0.0517. The lowest BCUT2D eigenvalue weighted by Crippen LogP contribution is -2.58. The van der Waals surface area contributed by atoms with Crippen LogP contribution in [-0.4, -0.2) is 74.2 Å². The molecule has 2 aliphatic rings. The fourth-order valence-electron chi connectivity index (χ4n) is 2.98. The highest BCUT2D eigenvalue weighted by molar-refractivity contribution is 5.83. The molecule has 0 aromatic heterocycles. The topological polar surface area (TPSA) is 87.9 Å². The van der Waals surface area contributed by atoms with E-state index >= 15 is 0 Å². The van der Waals surface area contributed by atoms with Crippen LogP contribution in [0.15, 0.2) is 0 Å². The van der Waals surface area contributed by atoms with Gasteiger partial charge >= 0.3 is 6.03 Å². The third-order valence-electron chi connectivity index (χ3n) is 4.48. The minimum atomic E-state index is -0.466. The monoisotopic (exact) mass is 298 g/mol. The van der Waals surface area contributed by atoms with E-state index in [2.05, 4.69) is 5.32 Å². The Morgan fingerprint density at radius 3 is 2.24 bits per heavy atom. The number of carbonyl (C=O) groups is 2. The first-order valence-electron chi connectivity index (χ1n) is 7.73. The number of ether oxygens (including phenoxy) is 1. The van der Waals surface area contributed by atoms with E-state index in [1.807, 2.05) is 11.8 Å². The molecule has 0 saturated carbocycles. The summed E-state index contributed by atoms with van der Waals surface area (Å²) >= 11 is 0. The smallest absolute Gasteiger partial charge is 0.317 e. The van der Waals surface area contributed by atoms with E-state index in [0.29, 0.717) is 65.3 Å². The van der Waals surface area contributed by atoms with Crippen LogP contribution in [0.2, 0.25) is 0 Å². The molecule has 0 aliphatic carbocycles. The van der Waals surface area contributed by atoms with E-state index in [1.165, 1.54) is 0 Å². The zero-order valence-electron chi connectivity index (χ0n) is 12.8. The van der Waals surface area contributed by atoms with Gasteiger partial charge in [0.05, 0.1) is 5.41 Å². The highest BCUT2D eigenvalue weighted by atomic mass is 16.5. The molecule has 0 bridgehead atoms. The maximum Gasteiger partial charge on any atom is 0.317 e. The largest absolute Gasteiger partial charge is 0.381 e. The summed E-state index contributed by atoms with van der Waals surface area (Å²) in [5.41, 5.74) is 5.42. The summed E-state index contributed by atoms with van der Waals surface area (Å²) in [5, 5.41) is 2.79. The molecule has 2 fully saturated rings. The van der Waals surface area contributed by atoms with E-state index in [9.17, 15) is 9.59 Å². The van der Waals surface area contributed by atoms with Crippen LogP contribution in [0.1, 0.15) is 19.8 Å². The number of nitrogens with zero attached hydrogens (tertiary/aromatic N) is 2. The normalized spacial score (nSPS) is 22.0. The fraction of sp³-hybridized carbons (Fsp3) is 0.857. The van der Waals surface area contributed by atoms with E-state index < -0.39 is 5.41 Å².